The summed E-state index contributed by atoms with van der Waals surface area (Å²) in [7, 11) is 1.32. The first-order chi connectivity index (χ1) is 10.1. The molecule has 0 aromatic heterocycles. The Morgan fingerprint density at radius 1 is 1.38 bits per heavy atom. The van der Waals surface area contributed by atoms with Gasteiger partial charge in [0.1, 0.15) is 0 Å². The highest BCUT2D eigenvalue weighted by atomic mass is 16.5. The number of hydrogen-bond donors (Lipinski definition) is 1. The number of hydrogen-bond acceptors (Lipinski definition) is 4. The van der Waals surface area contributed by atoms with Crippen molar-refractivity contribution in [2.45, 2.75) is 26.1 Å². The smallest absolute Gasteiger partial charge is 0.311 e. The van der Waals surface area contributed by atoms with Crippen molar-refractivity contribution in [3.63, 3.8) is 0 Å². The summed E-state index contributed by atoms with van der Waals surface area (Å²) in [5.74, 6) is -1.18. The van der Waals surface area contributed by atoms with Crippen molar-refractivity contribution in [3.8, 4) is 0 Å². The maximum Gasteiger partial charge on any atom is 0.311 e. The van der Waals surface area contributed by atoms with Crippen LogP contribution in [-0.2, 0) is 20.9 Å². The van der Waals surface area contributed by atoms with Gasteiger partial charge in [-0.3, -0.25) is 4.79 Å². The molecule has 0 aliphatic heterocycles. The summed E-state index contributed by atoms with van der Waals surface area (Å²) in [4.78, 5) is 11.7. The Balaban J connectivity index is 2.46. The molecule has 0 unspecified atom stereocenters. The molecule has 0 saturated heterocycles. The normalized spacial score (nSPS) is 15.0. The van der Waals surface area contributed by atoms with Crippen LogP contribution in [-0.4, -0.2) is 30.9 Å². The average molecular weight is 292 g/mol. The van der Waals surface area contributed by atoms with Gasteiger partial charge in [0.05, 0.1) is 32.3 Å². The molecule has 4 nitrogen and oxygen atoms in total. The van der Waals surface area contributed by atoms with Crippen molar-refractivity contribution in [2.24, 2.45) is 11.8 Å². The molecule has 0 heterocycles. The van der Waals surface area contributed by atoms with Gasteiger partial charge in [0.15, 0.2) is 0 Å². The van der Waals surface area contributed by atoms with Crippen LogP contribution >= 0.6 is 0 Å². The molecule has 0 amide bonds. The minimum Gasteiger partial charge on any atom is -0.469 e. The molecule has 0 radical (unpaired) electrons. The van der Waals surface area contributed by atoms with Crippen LogP contribution in [0.2, 0.25) is 0 Å². The number of esters is 1. The number of methoxy groups -OCH3 is 1. The van der Waals surface area contributed by atoms with Gasteiger partial charge in [0, 0.05) is 5.92 Å². The Morgan fingerprint density at radius 3 is 2.62 bits per heavy atom. The molecule has 0 fully saturated rings. The Morgan fingerprint density at radius 2 is 2.05 bits per heavy atom. The van der Waals surface area contributed by atoms with Crippen molar-refractivity contribution in [3.05, 3.63) is 48.6 Å². The maximum atomic E-state index is 11.7. The quantitative estimate of drug-likeness (QED) is 0.561. The number of allylic oxidation sites excluding steroid dienone is 1. The summed E-state index contributed by atoms with van der Waals surface area (Å²) >= 11 is 0. The molecular formula is C17H24O4. The van der Waals surface area contributed by atoms with Crippen molar-refractivity contribution in [1.29, 1.82) is 0 Å². The summed E-state index contributed by atoms with van der Waals surface area (Å²) < 4.78 is 10.3. The van der Waals surface area contributed by atoms with Gasteiger partial charge in [-0.05, 0) is 12.0 Å². The number of aliphatic hydroxyl groups is 1. The van der Waals surface area contributed by atoms with Crippen molar-refractivity contribution >= 4 is 5.97 Å². The van der Waals surface area contributed by atoms with Gasteiger partial charge in [-0.15, -0.1) is 6.58 Å². The first-order valence-electron chi connectivity index (χ1n) is 7.08. The molecule has 0 aliphatic carbocycles. The monoisotopic (exact) mass is 292 g/mol. The fourth-order valence-corrected chi connectivity index (χ4v) is 2.14. The molecule has 0 spiro atoms. The first-order valence-corrected chi connectivity index (χ1v) is 7.08. The molecule has 1 rings (SSSR count). The van der Waals surface area contributed by atoms with Crippen molar-refractivity contribution in [1.82, 2.24) is 0 Å². The van der Waals surface area contributed by atoms with E-state index in [-0.39, 0.29) is 5.92 Å². The van der Waals surface area contributed by atoms with E-state index < -0.39 is 18.0 Å². The number of rotatable bonds is 9. The van der Waals surface area contributed by atoms with Gasteiger partial charge < -0.3 is 14.6 Å². The zero-order chi connectivity index (χ0) is 15.7. The molecular weight excluding hydrogens is 268 g/mol. The van der Waals surface area contributed by atoms with E-state index in [0.717, 1.165) is 5.56 Å². The van der Waals surface area contributed by atoms with E-state index >= 15 is 0 Å². The molecule has 4 heteroatoms. The zero-order valence-electron chi connectivity index (χ0n) is 12.7. The highest BCUT2D eigenvalue weighted by Crippen LogP contribution is 2.19. The summed E-state index contributed by atoms with van der Waals surface area (Å²) in [5, 5.41) is 10.3. The van der Waals surface area contributed by atoms with Crippen LogP contribution in [0.3, 0.4) is 0 Å². The molecule has 1 aromatic rings. The number of carbonyl (C=O) groups is 1. The van der Waals surface area contributed by atoms with E-state index in [4.69, 9.17) is 9.47 Å². The van der Waals surface area contributed by atoms with Gasteiger partial charge >= 0.3 is 5.97 Å². The molecule has 1 aromatic carbocycles. The van der Waals surface area contributed by atoms with E-state index in [0.29, 0.717) is 19.6 Å². The summed E-state index contributed by atoms with van der Waals surface area (Å²) in [6.07, 6.45) is 1.19. The Kier molecular flexibility index (Phi) is 7.72. The third kappa shape index (κ3) is 5.69. The van der Waals surface area contributed by atoms with Crippen LogP contribution in [0.15, 0.2) is 43.0 Å². The second kappa shape index (κ2) is 9.32. The number of aliphatic hydroxyl groups excluding tert-OH is 1. The van der Waals surface area contributed by atoms with Crippen molar-refractivity contribution in [2.75, 3.05) is 13.7 Å². The van der Waals surface area contributed by atoms with E-state index in [1.54, 1.807) is 6.08 Å². The van der Waals surface area contributed by atoms with Crippen LogP contribution < -0.4 is 0 Å². The third-order valence-electron chi connectivity index (χ3n) is 3.41. The summed E-state index contributed by atoms with van der Waals surface area (Å²) in [6, 6.07) is 9.82. The number of benzene rings is 1. The predicted molar refractivity (Wildman–Crippen MR) is 81.6 cm³/mol. The van der Waals surface area contributed by atoms with E-state index in [1.807, 2.05) is 37.3 Å². The van der Waals surface area contributed by atoms with Gasteiger partial charge in [-0.25, -0.2) is 0 Å². The lowest BCUT2D eigenvalue weighted by atomic mass is 9.90. The largest absolute Gasteiger partial charge is 0.469 e. The molecule has 21 heavy (non-hydrogen) atoms. The van der Waals surface area contributed by atoms with Crippen LogP contribution in [0, 0.1) is 11.8 Å². The molecule has 3 atom stereocenters. The lowest BCUT2D eigenvalue weighted by Gasteiger charge is -2.25. The minimum absolute atomic E-state index is 0.169. The minimum atomic E-state index is -0.814. The molecule has 0 bridgehead atoms. The Hall–Kier alpha value is -1.65. The van der Waals surface area contributed by atoms with Crippen LogP contribution in [0.5, 0.6) is 0 Å². The van der Waals surface area contributed by atoms with E-state index in [2.05, 4.69) is 6.58 Å². The second-order valence-electron chi connectivity index (χ2n) is 5.12. The molecule has 116 valence electrons. The second-order valence-corrected chi connectivity index (χ2v) is 5.12. The standard InChI is InChI=1S/C17H24O4/c1-4-8-15(17(19)20-3)16(18)13(2)11-21-12-14-9-6-5-7-10-14/h4-7,9-10,13,15-16,18H,1,8,11-12H2,2-3H3/t13-,15+,16+/m0/s1. The van der Waals surface area contributed by atoms with Crippen LogP contribution in [0.25, 0.3) is 0 Å². The average Bonchev–Trinajstić information content (AvgIpc) is 2.52. The highest BCUT2D eigenvalue weighted by molar-refractivity contribution is 5.73. The third-order valence-corrected chi connectivity index (χ3v) is 3.41. The fraction of sp³-hybridized carbons (Fsp3) is 0.471. The Labute approximate surface area is 126 Å². The maximum absolute atomic E-state index is 11.7. The first kappa shape index (κ1) is 17.4. The molecule has 0 saturated carbocycles. The topological polar surface area (TPSA) is 55.8 Å². The van der Waals surface area contributed by atoms with E-state index in [9.17, 15) is 9.90 Å². The van der Waals surface area contributed by atoms with E-state index in [1.165, 1.54) is 7.11 Å². The fourth-order valence-electron chi connectivity index (χ4n) is 2.14. The summed E-state index contributed by atoms with van der Waals surface area (Å²) in [6.45, 7) is 6.33. The van der Waals surface area contributed by atoms with Gasteiger partial charge in [-0.2, -0.15) is 0 Å². The van der Waals surface area contributed by atoms with Crippen LogP contribution in [0.1, 0.15) is 18.9 Å². The van der Waals surface area contributed by atoms with Gasteiger partial charge in [0.25, 0.3) is 0 Å². The Bertz CT molecular complexity index is 430. The lowest BCUT2D eigenvalue weighted by Crippen LogP contribution is -2.35. The number of ether oxygens (including phenoxy) is 2. The lowest BCUT2D eigenvalue weighted by molar-refractivity contribution is -0.151. The molecule has 1 N–H and O–H groups in total. The highest BCUT2D eigenvalue weighted by Gasteiger charge is 2.30. The molecule has 0 aliphatic rings. The predicted octanol–water partition coefficient (Wildman–Crippen LogP) is 2.57. The summed E-state index contributed by atoms with van der Waals surface area (Å²) in [5.41, 5.74) is 1.08. The van der Waals surface area contributed by atoms with Gasteiger partial charge in [0.2, 0.25) is 0 Å². The zero-order valence-corrected chi connectivity index (χ0v) is 12.7. The van der Waals surface area contributed by atoms with Crippen LogP contribution in [0.4, 0.5) is 0 Å². The number of carbonyl (C=O) groups excluding carboxylic acids is 1. The van der Waals surface area contributed by atoms with Crippen molar-refractivity contribution < 1.29 is 19.4 Å². The van der Waals surface area contributed by atoms with Gasteiger partial charge in [-0.1, -0.05) is 43.3 Å². The SMILES string of the molecule is C=CC[C@@H](C(=O)OC)[C@H](O)[C@@H](C)COCc1ccccc1.